The Balaban J connectivity index is 2.10. The van der Waals surface area contributed by atoms with Crippen molar-refractivity contribution in [1.29, 1.82) is 0 Å². The second-order valence-corrected chi connectivity index (χ2v) is 5.60. The molecule has 0 aliphatic heterocycles. The van der Waals surface area contributed by atoms with Gasteiger partial charge in [0.1, 0.15) is 0 Å². The van der Waals surface area contributed by atoms with Crippen molar-refractivity contribution in [3.8, 4) is 0 Å². The Labute approximate surface area is 124 Å². The van der Waals surface area contributed by atoms with Crippen LogP contribution in [-0.4, -0.2) is 23.2 Å². The van der Waals surface area contributed by atoms with Crippen molar-refractivity contribution in [2.24, 2.45) is 0 Å². The van der Waals surface area contributed by atoms with Gasteiger partial charge in [-0.2, -0.15) is 0 Å². The monoisotopic (exact) mass is 285 g/mol. The van der Waals surface area contributed by atoms with Crippen molar-refractivity contribution in [2.45, 2.75) is 18.7 Å². The van der Waals surface area contributed by atoms with Crippen molar-refractivity contribution >= 4 is 17.7 Å². The smallest absolute Gasteiger partial charge is 0.193 e. The molecule has 0 radical (unpaired) electrons. The highest BCUT2D eigenvalue weighted by Gasteiger charge is 2.09. The third-order valence-electron chi connectivity index (χ3n) is 3.09. The lowest BCUT2D eigenvalue weighted by Crippen LogP contribution is -2.13. The van der Waals surface area contributed by atoms with E-state index in [0.717, 1.165) is 24.2 Å². The molecule has 0 fully saturated rings. The molecule has 2 aromatic carbocycles. The van der Waals surface area contributed by atoms with Crippen LogP contribution < -0.4 is 0 Å². The number of carbonyl (C=O) groups excluding carboxylic acids is 1. The first-order valence-corrected chi connectivity index (χ1v) is 7.64. The predicted octanol–water partition coefficient (Wildman–Crippen LogP) is 4.27. The highest BCUT2D eigenvalue weighted by molar-refractivity contribution is 7.97. The summed E-state index contributed by atoms with van der Waals surface area (Å²) in [5.41, 5.74) is 1.47. The molecule has 104 valence electrons. The Morgan fingerprint density at radius 3 is 2.00 bits per heavy atom. The predicted molar refractivity (Wildman–Crippen MR) is 85.1 cm³/mol. The first kappa shape index (κ1) is 14.8. The molecule has 0 bridgehead atoms. The van der Waals surface area contributed by atoms with E-state index in [1.165, 1.54) is 4.90 Å². The van der Waals surface area contributed by atoms with Crippen molar-refractivity contribution in [3.63, 3.8) is 0 Å². The Morgan fingerprint density at radius 1 is 0.900 bits per heavy atom. The summed E-state index contributed by atoms with van der Waals surface area (Å²) in [5.74, 6) is 0.0741. The minimum absolute atomic E-state index is 0.0741. The van der Waals surface area contributed by atoms with Crippen LogP contribution in [0, 0.1) is 0 Å². The maximum Gasteiger partial charge on any atom is 0.193 e. The van der Waals surface area contributed by atoms with E-state index in [1.54, 1.807) is 11.9 Å². The molecule has 0 saturated heterocycles. The van der Waals surface area contributed by atoms with Gasteiger partial charge in [0.25, 0.3) is 0 Å². The van der Waals surface area contributed by atoms with Gasteiger partial charge in [-0.1, -0.05) is 44.2 Å². The fourth-order valence-corrected chi connectivity index (χ4v) is 2.74. The summed E-state index contributed by atoms with van der Waals surface area (Å²) in [6, 6.07) is 17.2. The highest BCUT2D eigenvalue weighted by atomic mass is 32.2. The Morgan fingerprint density at radius 2 is 1.45 bits per heavy atom. The van der Waals surface area contributed by atoms with Crippen LogP contribution in [0.2, 0.25) is 0 Å². The van der Waals surface area contributed by atoms with Gasteiger partial charge in [-0.05, 0) is 36.2 Å². The Bertz CT molecular complexity index is 547. The summed E-state index contributed by atoms with van der Waals surface area (Å²) < 4.78 is 2.27. The van der Waals surface area contributed by atoms with E-state index >= 15 is 0 Å². The van der Waals surface area contributed by atoms with Crippen LogP contribution in [0.25, 0.3) is 0 Å². The molecule has 0 aromatic heterocycles. The summed E-state index contributed by atoms with van der Waals surface area (Å²) >= 11 is 1.73. The van der Waals surface area contributed by atoms with Crippen molar-refractivity contribution in [3.05, 3.63) is 65.7 Å². The number of carbonyl (C=O) groups is 1. The van der Waals surface area contributed by atoms with Gasteiger partial charge in [0.2, 0.25) is 0 Å². The molecule has 0 amide bonds. The molecule has 0 unspecified atom stereocenters. The van der Waals surface area contributed by atoms with Gasteiger partial charge >= 0.3 is 0 Å². The maximum atomic E-state index is 12.3. The number of ketones is 1. The highest BCUT2D eigenvalue weighted by Crippen LogP contribution is 2.23. The lowest BCUT2D eigenvalue weighted by molar-refractivity contribution is 0.103. The summed E-state index contributed by atoms with van der Waals surface area (Å²) in [7, 11) is 0. The lowest BCUT2D eigenvalue weighted by atomic mass is 10.0. The number of benzene rings is 2. The van der Waals surface area contributed by atoms with Crippen LogP contribution in [0.4, 0.5) is 0 Å². The first-order valence-electron chi connectivity index (χ1n) is 6.87. The van der Waals surface area contributed by atoms with E-state index in [1.807, 2.05) is 54.6 Å². The standard InChI is InChI=1S/C17H19NOS/c1-3-18(4-2)20-16-12-10-15(11-13-16)17(19)14-8-6-5-7-9-14/h5-13H,3-4H2,1-2H3. The molecule has 0 heterocycles. The normalized spacial score (nSPS) is 10.8. The number of nitrogens with zero attached hydrogens (tertiary/aromatic N) is 1. The molecule has 2 rings (SSSR count). The fraction of sp³-hybridized carbons (Fsp3) is 0.235. The minimum atomic E-state index is 0.0741. The van der Waals surface area contributed by atoms with Gasteiger partial charge < -0.3 is 0 Å². The summed E-state index contributed by atoms with van der Waals surface area (Å²) in [4.78, 5) is 13.4. The molecule has 0 saturated carbocycles. The number of rotatable bonds is 6. The van der Waals surface area contributed by atoms with Gasteiger partial charge in [0.15, 0.2) is 5.78 Å². The molecule has 0 N–H and O–H groups in total. The molecule has 2 aromatic rings. The van der Waals surface area contributed by atoms with Crippen LogP contribution in [0.5, 0.6) is 0 Å². The van der Waals surface area contributed by atoms with Gasteiger partial charge in [-0.15, -0.1) is 0 Å². The van der Waals surface area contributed by atoms with E-state index < -0.39 is 0 Å². The summed E-state index contributed by atoms with van der Waals surface area (Å²) in [6.45, 7) is 6.30. The second kappa shape index (κ2) is 7.27. The van der Waals surface area contributed by atoms with E-state index in [2.05, 4.69) is 18.2 Å². The molecule has 0 aliphatic carbocycles. The van der Waals surface area contributed by atoms with Crippen molar-refractivity contribution in [1.82, 2.24) is 4.31 Å². The topological polar surface area (TPSA) is 20.3 Å². The molecular formula is C17H19NOS. The molecular weight excluding hydrogens is 266 g/mol. The fourth-order valence-electron chi connectivity index (χ4n) is 1.93. The average Bonchev–Trinajstić information content (AvgIpc) is 2.53. The van der Waals surface area contributed by atoms with Gasteiger partial charge in [-0.25, -0.2) is 4.31 Å². The van der Waals surface area contributed by atoms with E-state index in [0.29, 0.717) is 0 Å². The lowest BCUT2D eigenvalue weighted by Gasteiger charge is -2.16. The quantitative estimate of drug-likeness (QED) is 0.584. The van der Waals surface area contributed by atoms with Crippen LogP contribution in [0.15, 0.2) is 59.5 Å². The zero-order chi connectivity index (χ0) is 14.4. The molecule has 3 heteroatoms. The minimum Gasteiger partial charge on any atom is -0.289 e. The molecule has 0 aliphatic rings. The van der Waals surface area contributed by atoms with Gasteiger partial charge in [0, 0.05) is 29.1 Å². The Kier molecular flexibility index (Phi) is 5.39. The van der Waals surface area contributed by atoms with Crippen molar-refractivity contribution in [2.75, 3.05) is 13.1 Å². The van der Waals surface area contributed by atoms with Crippen LogP contribution >= 0.6 is 11.9 Å². The van der Waals surface area contributed by atoms with Gasteiger partial charge in [-0.3, -0.25) is 4.79 Å². The van der Waals surface area contributed by atoms with E-state index in [9.17, 15) is 4.79 Å². The summed E-state index contributed by atoms with van der Waals surface area (Å²) in [5, 5.41) is 0. The Hall–Kier alpha value is -1.58. The molecule has 20 heavy (non-hydrogen) atoms. The third-order valence-corrected chi connectivity index (χ3v) is 4.35. The zero-order valence-electron chi connectivity index (χ0n) is 11.9. The van der Waals surface area contributed by atoms with Crippen LogP contribution in [0.3, 0.4) is 0 Å². The van der Waals surface area contributed by atoms with Gasteiger partial charge in [0.05, 0.1) is 0 Å². The average molecular weight is 285 g/mol. The second-order valence-electron chi connectivity index (χ2n) is 4.43. The van der Waals surface area contributed by atoms with Crippen LogP contribution in [-0.2, 0) is 0 Å². The molecule has 0 spiro atoms. The first-order chi connectivity index (χ1) is 9.74. The summed E-state index contributed by atoms with van der Waals surface area (Å²) in [6.07, 6.45) is 0. The third kappa shape index (κ3) is 3.71. The zero-order valence-corrected chi connectivity index (χ0v) is 12.7. The van der Waals surface area contributed by atoms with Crippen LogP contribution in [0.1, 0.15) is 29.8 Å². The van der Waals surface area contributed by atoms with Crippen molar-refractivity contribution < 1.29 is 4.79 Å². The molecule has 2 nitrogen and oxygen atoms in total. The van der Waals surface area contributed by atoms with E-state index in [-0.39, 0.29) is 5.78 Å². The largest absolute Gasteiger partial charge is 0.289 e. The number of hydrogen-bond donors (Lipinski definition) is 0. The number of hydrogen-bond acceptors (Lipinski definition) is 3. The SMILES string of the molecule is CCN(CC)Sc1ccc(C(=O)c2ccccc2)cc1. The van der Waals surface area contributed by atoms with E-state index in [4.69, 9.17) is 0 Å². The maximum absolute atomic E-state index is 12.3. The molecule has 0 atom stereocenters.